The first-order valence-electron chi connectivity index (χ1n) is 9.24. The van der Waals surface area contributed by atoms with Crippen LogP contribution in [0.5, 0.6) is 0 Å². The van der Waals surface area contributed by atoms with Gasteiger partial charge < -0.3 is 15.1 Å². The van der Waals surface area contributed by atoms with Gasteiger partial charge in [0.15, 0.2) is 5.96 Å². The fourth-order valence-corrected chi connectivity index (χ4v) is 4.52. The van der Waals surface area contributed by atoms with Crippen LogP contribution in [0.25, 0.3) is 0 Å². The number of thiophene rings is 1. The molecule has 1 fully saturated rings. The van der Waals surface area contributed by atoms with Crippen LogP contribution in [0, 0.1) is 0 Å². The highest BCUT2D eigenvalue weighted by atomic mass is 127. The standard InChI is InChI=1S/C20H26N4S.HI/c1-2-21-20(22-15-17-14-16-6-3-4-7-18(16)17)24-11-9-23(10-12-24)19-8-5-13-25-19;/h3-8,13,17H,2,9-12,14-15H2,1H3,(H,21,22);1H. The van der Waals surface area contributed by atoms with E-state index in [1.165, 1.54) is 22.5 Å². The van der Waals surface area contributed by atoms with Gasteiger partial charge in [0.1, 0.15) is 0 Å². The lowest BCUT2D eigenvalue weighted by molar-refractivity contribution is 0.372. The Labute approximate surface area is 177 Å². The Morgan fingerprint density at radius 3 is 2.65 bits per heavy atom. The summed E-state index contributed by atoms with van der Waals surface area (Å²) in [7, 11) is 0. The van der Waals surface area contributed by atoms with Gasteiger partial charge in [-0.2, -0.15) is 0 Å². The SMILES string of the molecule is CCNC(=NCC1Cc2ccccc21)N1CCN(c2cccs2)CC1.I. The van der Waals surface area contributed by atoms with Crippen molar-refractivity contribution in [3.63, 3.8) is 0 Å². The molecule has 0 bridgehead atoms. The zero-order valence-corrected chi connectivity index (χ0v) is 18.4. The molecule has 1 N–H and O–H groups in total. The second-order valence-electron chi connectivity index (χ2n) is 6.72. The largest absolute Gasteiger partial charge is 0.360 e. The van der Waals surface area contributed by atoms with E-state index in [0.29, 0.717) is 5.92 Å². The van der Waals surface area contributed by atoms with Gasteiger partial charge in [-0.25, -0.2) is 0 Å². The Bertz CT molecular complexity index is 723. The average Bonchev–Trinajstić information content (AvgIpc) is 3.16. The van der Waals surface area contributed by atoms with Crippen LogP contribution >= 0.6 is 35.3 Å². The third kappa shape index (κ3) is 4.17. The Morgan fingerprint density at radius 2 is 1.96 bits per heavy atom. The highest BCUT2D eigenvalue weighted by molar-refractivity contribution is 14.0. The Morgan fingerprint density at radius 1 is 1.15 bits per heavy atom. The summed E-state index contributed by atoms with van der Waals surface area (Å²) in [5.41, 5.74) is 2.99. The third-order valence-electron chi connectivity index (χ3n) is 5.15. The number of benzene rings is 1. The van der Waals surface area contributed by atoms with Crippen molar-refractivity contribution in [2.45, 2.75) is 19.3 Å². The lowest BCUT2D eigenvalue weighted by Gasteiger charge is -2.37. The molecular weight excluding hydrogens is 455 g/mol. The Balaban J connectivity index is 0.00000196. The minimum atomic E-state index is 0. The number of piperazine rings is 1. The van der Waals surface area contributed by atoms with Crippen LogP contribution < -0.4 is 10.2 Å². The molecule has 0 amide bonds. The minimum absolute atomic E-state index is 0. The number of nitrogens with one attached hydrogen (secondary N) is 1. The third-order valence-corrected chi connectivity index (χ3v) is 6.08. The predicted octanol–water partition coefficient (Wildman–Crippen LogP) is 3.79. The van der Waals surface area contributed by atoms with Crippen molar-refractivity contribution in [2.75, 3.05) is 44.2 Å². The molecule has 1 aliphatic heterocycles. The molecule has 1 saturated heterocycles. The van der Waals surface area contributed by atoms with Gasteiger partial charge in [0, 0.05) is 45.2 Å². The highest BCUT2D eigenvalue weighted by Crippen LogP contribution is 2.34. The molecule has 1 aromatic carbocycles. The van der Waals surface area contributed by atoms with Gasteiger partial charge in [-0.3, -0.25) is 4.99 Å². The molecule has 0 saturated carbocycles. The van der Waals surface area contributed by atoms with E-state index in [1.807, 2.05) is 11.3 Å². The topological polar surface area (TPSA) is 30.9 Å². The molecule has 1 unspecified atom stereocenters. The van der Waals surface area contributed by atoms with E-state index in [9.17, 15) is 0 Å². The maximum Gasteiger partial charge on any atom is 0.194 e. The summed E-state index contributed by atoms with van der Waals surface area (Å²) in [5.74, 6) is 1.68. The van der Waals surface area contributed by atoms with Gasteiger partial charge in [-0.1, -0.05) is 24.3 Å². The van der Waals surface area contributed by atoms with Crippen molar-refractivity contribution >= 4 is 46.3 Å². The maximum absolute atomic E-state index is 4.96. The van der Waals surface area contributed by atoms with E-state index in [-0.39, 0.29) is 24.0 Å². The molecule has 1 atom stereocenters. The highest BCUT2D eigenvalue weighted by Gasteiger charge is 2.26. The summed E-state index contributed by atoms with van der Waals surface area (Å²) in [6.07, 6.45) is 1.17. The van der Waals surface area contributed by atoms with Gasteiger partial charge in [0.25, 0.3) is 0 Å². The quantitative estimate of drug-likeness (QED) is 0.409. The minimum Gasteiger partial charge on any atom is -0.360 e. The molecule has 26 heavy (non-hydrogen) atoms. The van der Waals surface area contributed by atoms with Crippen LogP contribution in [0.2, 0.25) is 0 Å². The first kappa shape index (κ1) is 19.5. The zero-order valence-electron chi connectivity index (χ0n) is 15.2. The van der Waals surface area contributed by atoms with E-state index in [1.54, 1.807) is 0 Å². The van der Waals surface area contributed by atoms with Crippen LogP contribution in [0.4, 0.5) is 5.00 Å². The molecule has 1 aliphatic carbocycles. The first-order chi connectivity index (χ1) is 12.3. The number of rotatable bonds is 4. The second kappa shape index (κ2) is 9.08. The van der Waals surface area contributed by atoms with Gasteiger partial charge in [-0.15, -0.1) is 35.3 Å². The van der Waals surface area contributed by atoms with Crippen LogP contribution in [0.1, 0.15) is 24.0 Å². The lowest BCUT2D eigenvalue weighted by atomic mass is 9.78. The lowest BCUT2D eigenvalue weighted by Crippen LogP contribution is -2.52. The number of anilines is 1. The molecule has 140 valence electrons. The van der Waals surface area contributed by atoms with E-state index in [4.69, 9.17) is 4.99 Å². The summed E-state index contributed by atoms with van der Waals surface area (Å²) < 4.78 is 0. The number of aliphatic imine (C=N–C) groups is 1. The molecule has 6 heteroatoms. The summed E-state index contributed by atoms with van der Waals surface area (Å²) in [6, 6.07) is 13.1. The van der Waals surface area contributed by atoms with E-state index in [0.717, 1.165) is 45.2 Å². The monoisotopic (exact) mass is 482 g/mol. The van der Waals surface area contributed by atoms with Crippen LogP contribution in [0.15, 0.2) is 46.8 Å². The Kier molecular flexibility index (Phi) is 6.80. The van der Waals surface area contributed by atoms with Crippen LogP contribution in [0.3, 0.4) is 0 Å². The van der Waals surface area contributed by atoms with Crippen LogP contribution in [-0.4, -0.2) is 50.1 Å². The second-order valence-corrected chi connectivity index (χ2v) is 7.65. The molecular formula is C20H27IN4S. The molecule has 2 aromatic rings. The molecule has 0 radical (unpaired) electrons. The average molecular weight is 482 g/mol. The normalized spacial score (nSPS) is 19.4. The summed E-state index contributed by atoms with van der Waals surface area (Å²) >= 11 is 1.83. The van der Waals surface area contributed by atoms with E-state index in [2.05, 4.69) is 63.8 Å². The number of nitrogens with zero attached hydrogens (tertiary/aromatic N) is 3. The molecule has 4 nitrogen and oxygen atoms in total. The molecule has 4 rings (SSSR count). The molecule has 0 spiro atoms. The Hall–Kier alpha value is -1.28. The maximum atomic E-state index is 4.96. The van der Waals surface area contributed by atoms with Crippen molar-refractivity contribution in [3.05, 3.63) is 52.9 Å². The number of hydrogen-bond donors (Lipinski definition) is 1. The van der Waals surface area contributed by atoms with Gasteiger partial charge in [-0.05, 0) is 42.0 Å². The molecule has 2 heterocycles. The van der Waals surface area contributed by atoms with Crippen molar-refractivity contribution in [1.82, 2.24) is 10.2 Å². The van der Waals surface area contributed by atoms with E-state index < -0.39 is 0 Å². The fraction of sp³-hybridized carbons (Fsp3) is 0.450. The van der Waals surface area contributed by atoms with Crippen molar-refractivity contribution in [2.24, 2.45) is 4.99 Å². The summed E-state index contributed by atoms with van der Waals surface area (Å²) in [5, 5.41) is 7.03. The predicted molar refractivity (Wildman–Crippen MR) is 122 cm³/mol. The number of guanidine groups is 1. The molecule has 2 aliphatic rings. The van der Waals surface area contributed by atoms with Crippen molar-refractivity contribution in [3.8, 4) is 0 Å². The van der Waals surface area contributed by atoms with Crippen LogP contribution in [-0.2, 0) is 6.42 Å². The number of fused-ring (bicyclic) bond motifs is 1. The van der Waals surface area contributed by atoms with Crippen molar-refractivity contribution < 1.29 is 0 Å². The zero-order chi connectivity index (χ0) is 17.1. The number of halogens is 1. The molecule has 1 aromatic heterocycles. The first-order valence-corrected chi connectivity index (χ1v) is 10.1. The number of hydrogen-bond acceptors (Lipinski definition) is 3. The summed E-state index contributed by atoms with van der Waals surface area (Å²) in [4.78, 5) is 9.86. The van der Waals surface area contributed by atoms with E-state index >= 15 is 0 Å². The van der Waals surface area contributed by atoms with Gasteiger partial charge in [0.05, 0.1) is 5.00 Å². The summed E-state index contributed by atoms with van der Waals surface area (Å²) in [6.45, 7) is 8.16. The van der Waals surface area contributed by atoms with Crippen molar-refractivity contribution in [1.29, 1.82) is 0 Å². The smallest absolute Gasteiger partial charge is 0.194 e. The fourth-order valence-electron chi connectivity index (χ4n) is 3.74. The van der Waals surface area contributed by atoms with Gasteiger partial charge in [0.2, 0.25) is 0 Å². The van der Waals surface area contributed by atoms with Gasteiger partial charge >= 0.3 is 0 Å².